The fourth-order valence-electron chi connectivity index (χ4n) is 2.51. The fourth-order valence-corrected chi connectivity index (χ4v) is 2.67. The summed E-state index contributed by atoms with van der Waals surface area (Å²) in [6.45, 7) is 4.01. The molecule has 0 bridgehead atoms. The molecule has 130 valence electrons. The maximum atomic E-state index is 12.1. The van der Waals surface area contributed by atoms with Crippen LogP contribution in [0, 0.1) is 10.1 Å². The Morgan fingerprint density at radius 2 is 2.00 bits per heavy atom. The van der Waals surface area contributed by atoms with E-state index in [0.29, 0.717) is 13.1 Å². The molecule has 0 saturated carbocycles. The van der Waals surface area contributed by atoms with Crippen LogP contribution in [-0.2, 0) is 14.3 Å². The van der Waals surface area contributed by atoms with Crippen LogP contribution in [0.15, 0.2) is 18.2 Å². The first-order valence-corrected chi connectivity index (χ1v) is 7.70. The second kappa shape index (κ2) is 7.59. The van der Waals surface area contributed by atoms with Crippen molar-refractivity contribution in [3.63, 3.8) is 0 Å². The molecule has 1 amide bonds. The predicted octanol–water partition coefficient (Wildman–Crippen LogP) is 2.04. The second-order valence-electron chi connectivity index (χ2n) is 5.55. The van der Waals surface area contributed by atoms with Gasteiger partial charge in [0.05, 0.1) is 17.1 Å². The molecule has 24 heavy (non-hydrogen) atoms. The van der Waals surface area contributed by atoms with Crippen LogP contribution < -0.4 is 0 Å². The number of benzene rings is 1. The Hall–Kier alpha value is -2.19. The number of carbonyl (C=O) groups excluding carboxylic acids is 2. The average molecular weight is 357 g/mol. The predicted molar refractivity (Wildman–Crippen MR) is 85.0 cm³/mol. The standard InChI is InChI=1S/C15H17ClN2O6/c1-9-6-17(7-10(2)24-9)14(19)8-23-15(20)12-4-3-11(16)5-13(12)18(21)22/h3-5,9-10H,6-8H2,1-2H3/t9-,10-/m1/s1. The minimum Gasteiger partial charge on any atom is -0.452 e. The van der Waals surface area contributed by atoms with Gasteiger partial charge in [0.25, 0.3) is 11.6 Å². The highest BCUT2D eigenvalue weighted by molar-refractivity contribution is 6.31. The minimum atomic E-state index is -0.943. The van der Waals surface area contributed by atoms with Gasteiger partial charge in [0, 0.05) is 24.2 Å². The molecular weight excluding hydrogens is 340 g/mol. The maximum Gasteiger partial charge on any atom is 0.345 e. The van der Waals surface area contributed by atoms with Crippen LogP contribution in [-0.4, -0.2) is 53.6 Å². The molecule has 1 aromatic rings. The molecular formula is C15H17ClN2O6. The number of nitro groups is 1. The molecule has 1 aliphatic rings. The number of hydrogen-bond acceptors (Lipinski definition) is 6. The molecule has 1 heterocycles. The van der Waals surface area contributed by atoms with E-state index >= 15 is 0 Å². The smallest absolute Gasteiger partial charge is 0.345 e. The largest absolute Gasteiger partial charge is 0.452 e. The number of halogens is 1. The second-order valence-corrected chi connectivity index (χ2v) is 5.99. The van der Waals surface area contributed by atoms with Crippen LogP contribution in [0.4, 0.5) is 5.69 Å². The van der Waals surface area contributed by atoms with Crippen LogP contribution in [0.2, 0.25) is 5.02 Å². The number of amides is 1. The third-order valence-corrected chi connectivity index (χ3v) is 3.71. The summed E-state index contributed by atoms with van der Waals surface area (Å²) in [6.07, 6.45) is -0.212. The van der Waals surface area contributed by atoms with Gasteiger partial charge in [-0.25, -0.2) is 4.79 Å². The summed E-state index contributed by atoms with van der Waals surface area (Å²) in [6, 6.07) is 3.61. The highest BCUT2D eigenvalue weighted by atomic mass is 35.5. The number of ether oxygens (including phenoxy) is 2. The van der Waals surface area contributed by atoms with Crippen molar-refractivity contribution in [2.24, 2.45) is 0 Å². The molecule has 0 radical (unpaired) electrons. The van der Waals surface area contributed by atoms with Crippen LogP contribution in [0.1, 0.15) is 24.2 Å². The van der Waals surface area contributed by atoms with Crippen LogP contribution in [0.5, 0.6) is 0 Å². The summed E-state index contributed by atoms with van der Waals surface area (Å²) in [5.41, 5.74) is -0.713. The number of hydrogen-bond donors (Lipinski definition) is 0. The lowest BCUT2D eigenvalue weighted by Gasteiger charge is -2.35. The van der Waals surface area contributed by atoms with E-state index in [0.717, 1.165) is 6.07 Å². The number of nitrogens with zero attached hydrogens (tertiary/aromatic N) is 2. The zero-order valence-corrected chi connectivity index (χ0v) is 14.0. The van der Waals surface area contributed by atoms with Gasteiger partial charge in [0.1, 0.15) is 5.56 Å². The molecule has 1 fully saturated rings. The summed E-state index contributed by atoms with van der Waals surface area (Å²) in [4.78, 5) is 36.0. The Kier molecular flexibility index (Phi) is 5.74. The SMILES string of the molecule is C[C@@H]1CN(C(=O)COC(=O)c2ccc(Cl)cc2[N+](=O)[O-])C[C@@H](C)O1. The van der Waals surface area contributed by atoms with E-state index in [-0.39, 0.29) is 28.7 Å². The average Bonchev–Trinajstić information content (AvgIpc) is 2.51. The number of morpholine rings is 1. The van der Waals surface area contributed by atoms with Gasteiger partial charge in [-0.2, -0.15) is 0 Å². The highest BCUT2D eigenvalue weighted by Gasteiger charge is 2.27. The summed E-state index contributed by atoms with van der Waals surface area (Å²) in [5, 5.41) is 11.1. The van der Waals surface area contributed by atoms with Crippen LogP contribution >= 0.6 is 11.6 Å². The van der Waals surface area contributed by atoms with Crippen molar-refractivity contribution in [2.45, 2.75) is 26.1 Å². The van der Waals surface area contributed by atoms with Crippen molar-refractivity contribution in [1.29, 1.82) is 0 Å². The third kappa shape index (κ3) is 4.42. The molecule has 1 aromatic carbocycles. The van der Waals surface area contributed by atoms with E-state index < -0.39 is 23.2 Å². The van der Waals surface area contributed by atoms with Gasteiger partial charge < -0.3 is 14.4 Å². The Morgan fingerprint density at radius 3 is 2.58 bits per heavy atom. The van der Waals surface area contributed by atoms with Gasteiger partial charge >= 0.3 is 5.97 Å². The molecule has 9 heteroatoms. The molecule has 0 aromatic heterocycles. The number of nitro benzene ring substituents is 1. The van der Waals surface area contributed by atoms with Gasteiger partial charge in [0.15, 0.2) is 6.61 Å². The quantitative estimate of drug-likeness (QED) is 0.465. The lowest BCUT2D eigenvalue weighted by Crippen LogP contribution is -2.49. The summed E-state index contributed by atoms with van der Waals surface area (Å²) >= 11 is 5.69. The summed E-state index contributed by atoms with van der Waals surface area (Å²) < 4.78 is 10.5. The van der Waals surface area contributed by atoms with E-state index in [9.17, 15) is 19.7 Å². The van der Waals surface area contributed by atoms with Crippen molar-refractivity contribution in [3.05, 3.63) is 38.9 Å². The number of carbonyl (C=O) groups is 2. The van der Waals surface area contributed by atoms with E-state index in [1.165, 1.54) is 12.1 Å². The van der Waals surface area contributed by atoms with E-state index in [1.54, 1.807) is 4.90 Å². The first-order valence-electron chi connectivity index (χ1n) is 7.32. The summed E-state index contributed by atoms with van der Waals surface area (Å²) in [5.74, 6) is -1.32. The zero-order chi connectivity index (χ0) is 17.9. The third-order valence-electron chi connectivity index (χ3n) is 3.48. The number of rotatable bonds is 4. The molecule has 1 aliphatic heterocycles. The van der Waals surface area contributed by atoms with Gasteiger partial charge in [-0.1, -0.05) is 11.6 Å². The molecule has 0 N–H and O–H groups in total. The molecule has 0 unspecified atom stereocenters. The highest BCUT2D eigenvalue weighted by Crippen LogP contribution is 2.24. The molecule has 0 spiro atoms. The lowest BCUT2D eigenvalue weighted by molar-refractivity contribution is -0.385. The minimum absolute atomic E-state index is 0.106. The Balaban J connectivity index is 2.00. The number of esters is 1. The normalized spacial score (nSPS) is 20.5. The molecule has 2 rings (SSSR count). The van der Waals surface area contributed by atoms with Crippen LogP contribution in [0.25, 0.3) is 0 Å². The molecule has 1 saturated heterocycles. The monoisotopic (exact) mass is 356 g/mol. The van der Waals surface area contributed by atoms with Gasteiger partial charge in [-0.3, -0.25) is 14.9 Å². The van der Waals surface area contributed by atoms with Crippen molar-refractivity contribution in [3.8, 4) is 0 Å². The van der Waals surface area contributed by atoms with Gasteiger partial charge in [-0.15, -0.1) is 0 Å². The Bertz CT molecular complexity index is 655. The lowest BCUT2D eigenvalue weighted by atomic mass is 10.2. The Morgan fingerprint density at radius 1 is 1.38 bits per heavy atom. The topological polar surface area (TPSA) is 99.0 Å². The molecule has 8 nitrogen and oxygen atoms in total. The van der Waals surface area contributed by atoms with Crippen molar-refractivity contribution < 1.29 is 24.0 Å². The fraction of sp³-hybridized carbons (Fsp3) is 0.467. The van der Waals surface area contributed by atoms with Gasteiger partial charge in [0.2, 0.25) is 0 Å². The van der Waals surface area contributed by atoms with Crippen molar-refractivity contribution in [1.82, 2.24) is 4.90 Å². The van der Waals surface area contributed by atoms with Crippen molar-refractivity contribution >= 4 is 29.2 Å². The maximum absolute atomic E-state index is 12.1. The molecule has 0 aliphatic carbocycles. The zero-order valence-electron chi connectivity index (χ0n) is 13.2. The first-order chi connectivity index (χ1) is 11.3. The van der Waals surface area contributed by atoms with Crippen LogP contribution in [0.3, 0.4) is 0 Å². The first kappa shape index (κ1) is 18.2. The van der Waals surface area contributed by atoms with E-state index in [4.69, 9.17) is 21.1 Å². The van der Waals surface area contributed by atoms with E-state index in [2.05, 4.69) is 0 Å². The van der Waals surface area contributed by atoms with Crippen molar-refractivity contribution in [2.75, 3.05) is 19.7 Å². The van der Waals surface area contributed by atoms with E-state index in [1.807, 2.05) is 13.8 Å². The Labute approximate surface area is 143 Å². The molecule has 2 atom stereocenters. The van der Waals surface area contributed by atoms with Gasteiger partial charge in [-0.05, 0) is 26.0 Å². The summed E-state index contributed by atoms with van der Waals surface area (Å²) in [7, 11) is 0.